The highest BCUT2D eigenvalue weighted by molar-refractivity contribution is 5.63. The molecule has 2 saturated carbocycles. The Morgan fingerprint density at radius 3 is 1.37 bits per heavy atom. The monoisotopic (exact) mass is 406 g/mol. The summed E-state index contributed by atoms with van der Waals surface area (Å²) in [5.74, 6) is 0. The molecule has 0 saturated heterocycles. The first-order valence-corrected chi connectivity index (χ1v) is 11.7. The molecule has 2 aromatic carbocycles. The van der Waals surface area contributed by atoms with Crippen LogP contribution < -0.4 is 0 Å². The Morgan fingerprint density at radius 2 is 1.07 bits per heavy atom. The highest BCUT2D eigenvalue weighted by Crippen LogP contribution is 2.53. The number of carbonyl (C=O) groups is 1. The van der Waals surface area contributed by atoms with Crippen molar-refractivity contribution >= 4 is 6.16 Å². The molecule has 2 fully saturated rings. The Labute approximate surface area is 180 Å². The van der Waals surface area contributed by atoms with Crippen molar-refractivity contribution in [2.45, 2.75) is 89.3 Å². The number of unbranched alkanes of at least 4 members (excludes halogenated alkanes) is 2. The minimum atomic E-state index is -0.532. The van der Waals surface area contributed by atoms with E-state index < -0.39 is 17.4 Å². The van der Waals surface area contributed by atoms with E-state index in [-0.39, 0.29) is 0 Å². The van der Waals surface area contributed by atoms with Gasteiger partial charge < -0.3 is 9.47 Å². The number of carbonyl (C=O) groups excluding carboxylic acids is 1. The number of ether oxygens (including phenoxy) is 2. The number of benzene rings is 2. The minimum absolute atomic E-state index is 0.486. The normalized spacial score (nSPS) is 17.9. The first-order valence-electron chi connectivity index (χ1n) is 11.7. The SMILES string of the molecule is CCCCc1ccc(C2(OC(=O)OC3(c4ccc(CCCC)cc4)CC3)CC2)cc1. The summed E-state index contributed by atoms with van der Waals surface area (Å²) in [6.45, 7) is 4.42. The molecule has 30 heavy (non-hydrogen) atoms. The molecule has 3 heteroatoms. The Bertz CT molecular complexity index is 771. The maximum Gasteiger partial charge on any atom is 0.510 e. The maximum atomic E-state index is 12.7. The molecule has 0 amide bonds. The van der Waals surface area contributed by atoms with Gasteiger partial charge in [0, 0.05) is 0 Å². The van der Waals surface area contributed by atoms with E-state index in [1.807, 2.05) is 0 Å². The van der Waals surface area contributed by atoms with E-state index >= 15 is 0 Å². The summed E-state index contributed by atoms with van der Waals surface area (Å²) in [5, 5.41) is 0. The molecule has 2 aliphatic carbocycles. The average Bonchev–Trinajstić information content (AvgIpc) is 3.69. The molecule has 4 rings (SSSR count). The van der Waals surface area contributed by atoms with Crippen molar-refractivity contribution in [1.82, 2.24) is 0 Å². The molecule has 0 atom stereocenters. The van der Waals surface area contributed by atoms with Gasteiger partial charge >= 0.3 is 6.16 Å². The molecule has 0 unspecified atom stereocenters. The summed E-state index contributed by atoms with van der Waals surface area (Å²) in [6, 6.07) is 17.1. The van der Waals surface area contributed by atoms with Gasteiger partial charge in [0.1, 0.15) is 11.2 Å². The molecule has 0 N–H and O–H groups in total. The zero-order valence-corrected chi connectivity index (χ0v) is 18.4. The number of aryl methyl sites for hydroxylation is 2. The van der Waals surface area contributed by atoms with Crippen LogP contribution in [0.15, 0.2) is 48.5 Å². The van der Waals surface area contributed by atoms with Crippen LogP contribution >= 0.6 is 0 Å². The first-order chi connectivity index (χ1) is 14.6. The molecule has 2 aliphatic rings. The molecule has 2 aromatic rings. The van der Waals surface area contributed by atoms with Crippen LogP contribution in [-0.4, -0.2) is 6.16 Å². The van der Waals surface area contributed by atoms with Crippen molar-refractivity contribution in [3.05, 3.63) is 70.8 Å². The molecule has 0 heterocycles. The van der Waals surface area contributed by atoms with Gasteiger partial charge in [-0.25, -0.2) is 4.79 Å². The van der Waals surface area contributed by atoms with Gasteiger partial charge in [0.15, 0.2) is 0 Å². The van der Waals surface area contributed by atoms with Gasteiger partial charge in [-0.15, -0.1) is 0 Å². The third-order valence-electron chi connectivity index (χ3n) is 6.56. The molecular formula is C27H34O3. The molecule has 160 valence electrons. The Hall–Kier alpha value is -2.29. The van der Waals surface area contributed by atoms with Gasteiger partial charge in [-0.3, -0.25) is 0 Å². The molecule has 0 aromatic heterocycles. The Kier molecular flexibility index (Phi) is 6.17. The average molecular weight is 407 g/mol. The number of hydrogen-bond donors (Lipinski definition) is 0. The summed E-state index contributed by atoms with van der Waals surface area (Å²) in [7, 11) is 0. The summed E-state index contributed by atoms with van der Waals surface area (Å²) >= 11 is 0. The van der Waals surface area contributed by atoms with Crippen molar-refractivity contribution in [2.24, 2.45) is 0 Å². The van der Waals surface area contributed by atoms with Crippen LogP contribution in [-0.2, 0) is 33.5 Å². The van der Waals surface area contributed by atoms with E-state index in [1.165, 1.54) is 36.8 Å². The fourth-order valence-electron chi connectivity index (χ4n) is 4.18. The van der Waals surface area contributed by atoms with Gasteiger partial charge in [0.2, 0.25) is 0 Å². The van der Waals surface area contributed by atoms with Crippen LogP contribution in [0.1, 0.15) is 87.5 Å². The predicted octanol–water partition coefficient (Wildman–Crippen LogP) is 7.20. The predicted molar refractivity (Wildman–Crippen MR) is 119 cm³/mol. The van der Waals surface area contributed by atoms with E-state index in [4.69, 9.17) is 9.47 Å². The summed E-state index contributed by atoms with van der Waals surface area (Å²) in [5.41, 5.74) is 3.90. The van der Waals surface area contributed by atoms with E-state index in [1.54, 1.807) is 0 Å². The molecule has 0 spiro atoms. The van der Waals surface area contributed by atoms with Crippen molar-refractivity contribution in [3.63, 3.8) is 0 Å². The molecule has 0 bridgehead atoms. The van der Waals surface area contributed by atoms with Crippen molar-refractivity contribution < 1.29 is 14.3 Å². The lowest BCUT2D eigenvalue weighted by molar-refractivity contribution is -0.0217. The largest absolute Gasteiger partial charge is 0.510 e. The van der Waals surface area contributed by atoms with Crippen LogP contribution in [0.3, 0.4) is 0 Å². The fourth-order valence-corrected chi connectivity index (χ4v) is 4.18. The number of hydrogen-bond acceptors (Lipinski definition) is 3. The third-order valence-corrected chi connectivity index (χ3v) is 6.56. The lowest BCUT2D eigenvalue weighted by Crippen LogP contribution is -2.24. The third kappa shape index (κ3) is 4.71. The molecular weight excluding hydrogens is 372 g/mol. The minimum Gasteiger partial charge on any atom is -0.423 e. The van der Waals surface area contributed by atoms with Crippen LogP contribution in [0, 0.1) is 0 Å². The maximum absolute atomic E-state index is 12.7. The van der Waals surface area contributed by atoms with Crippen molar-refractivity contribution in [1.29, 1.82) is 0 Å². The van der Waals surface area contributed by atoms with Crippen LogP contribution in [0.5, 0.6) is 0 Å². The van der Waals surface area contributed by atoms with Crippen LogP contribution in [0.25, 0.3) is 0 Å². The van der Waals surface area contributed by atoms with E-state index in [9.17, 15) is 4.79 Å². The van der Waals surface area contributed by atoms with Crippen LogP contribution in [0.2, 0.25) is 0 Å². The highest BCUT2D eigenvalue weighted by atomic mass is 16.7. The Morgan fingerprint density at radius 1 is 0.700 bits per heavy atom. The summed E-state index contributed by atoms with van der Waals surface area (Å²) < 4.78 is 11.7. The van der Waals surface area contributed by atoms with Gasteiger partial charge in [-0.05, 0) is 73.6 Å². The molecule has 0 radical (unpaired) electrons. The van der Waals surface area contributed by atoms with Gasteiger partial charge in [-0.1, -0.05) is 75.2 Å². The summed E-state index contributed by atoms with van der Waals surface area (Å²) in [4.78, 5) is 12.7. The van der Waals surface area contributed by atoms with E-state index in [2.05, 4.69) is 62.4 Å². The quantitative estimate of drug-likeness (QED) is 0.391. The van der Waals surface area contributed by atoms with Gasteiger partial charge in [0.25, 0.3) is 0 Å². The van der Waals surface area contributed by atoms with Crippen molar-refractivity contribution in [2.75, 3.05) is 0 Å². The van der Waals surface area contributed by atoms with Crippen molar-refractivity contribution in [3.8, 4) is 0 Å². The lowest BCUT2D eigenvalue weighted by Gasteiger charge is -2.21. The van der Waals surface area contributed by atoms with E-state index in [0.29, 0.717) is 0 Å². The molecule has 3 nitrogen and oxygen atoms in total. The van der Waals surface area contributed by atoms with Crippen LogP contribution in [0.4, 0.5) is 4.79 Å². The fraction of sp³-hybridized carbons (Fsp3) is 0.519. The second kappa shape index (κ2) is 8.83. The Balaban J connectivity index is 1.36. The van der Waals surface area contributed by atoms with Gasteiger partial charge in [-0.2, -0.15) is 0 Å². The summed E-state index contributed by atoms with van der Waals surface area (Å²) in [6.07, 6.45) is 9.96. The first kappa shape index (κ1) is 21.0. The topological polar surface area (TPSA) is 35.5 Å². The number of rotatable bonds is 10. The lowest BCUT2D eigenvalue weighted by atomic mass is 10.0. The highest BCUT2D eigenvalue weighted by Gasteiger charge is 2.53. The smallest absolute Gasteiger partial charge is 0.423 e. The van der Waals surface area contributed by atoms with Gasteiger partial charge in [0.05, 0.1) is 0 Å². The second-order valence-electron chi connectivity index (χ2n) is 9.04. The zero-order valence-electron chi connectivity index (χ0n) is 18.4. The second-order valence-corrected chi connectivity index (χ2v) is 9.04. The molecule has 0 aliphatic heterocycles. The van der Waals surface area contributed by atoms with E-state index in [0.717, 1.165) is 49.7 Å². The zero-order chi connectivity index (χ0) is 21.0. The standard InChI is InChI=1S/C27H34O3/c1-3-5-7-21-9-13-23(14-10-21)26(17-18-26)29-25(28)30-27(19-20-27)24-15-11-22(12-16-24)8-6-4-2/h9-16H,3-8,17-20H2,1-2H3.